The molecule has 144 valence electrons. The third kappa shape index (κ3) is 4.31. The van der Waals surface area contributed by atoms with Crippen molar-refractivity contribution in [3.05, 3.63) is 59.2 Å². The molecule has 1 aliphatic heterocycles. The van der Waals surface area contributed by atoms with E-state index in [2.05, 4.69) is 18.3 Å². The molecule has 0 spiro atoms. The molecule has 1 fully saturated rings. The third-order valence-electron chi connectivity index (χ3n) is 5.03. The van der Waals surface area contributed by atoms with Crippen molar-refractivity contribution in [1.29, 1.82) is 0 Å². The Morgan fingerprint density at radius 2 is 1.56 bits per heavy atom. The minimum atomic E-state index is -3.21. The predicted octanol–water partition coefficient (Wildman–Crippen LogP) is 2.76. The highest BCUT2D eigenvalue weighted by atomic mass is 32.2. The van der Waals surface area contributed by atoms with Crippen molar-refractivity contribution in [2.24, 2.45) is 0 Å². The van der Waals surface area contributed by atoms with E-state index >= 15 is 0 Å². The Bertz CT molecular complexity index is 949. The zero-order chi connectivity index (χ0) is 19.6. The maximum Gasteiger partial charge on any atom is 0.256 e. The first-order chi connectivity index (χ1) is 12.8. The van der Waals surface area contributed by atoms with Gasteiger partial charge in [0, 0.05) is 31.9 Å². The van der Waals surface area contributed by atoms with Crippen LogP contribution in [0.4, 0.5) is 11.4 Å². The first kappa shape index (κ1) is 19.4. The van der Waals surface area contributed by atoms with Gasteiger partial charge in [-0.15, -0.1) is 0 Å². The average molecular weight is 388 g/mol. The molecule has 0 unspecified atom stereocenters. The van der Waals surface area contributed by atoms with Crippen molar-refractivity contribution in [3.8, 4) is 0 Å². The van der Waals surface area contributed by atoms with Gasteiger partial charge in [0.1, 0.15) is 0 Å². The lowest BCUT2D eigenvalue weighted by Crippen LogP contribution is -2.50. The van der Waals surface area contributed by atoms with E-state index in [4.69, 9.17) is 0 Å². The number of rotatable bonds is 4. The summed E-state index contributed by atoms with van der Waals surface area (Å²) < 4.78 is 24.7. The maximum atomic E-state index is 13.0. The Hall–Kier alpha value is -2.38. The second-order valence-electron chi connectivity index (χ2n) is 6.87. The number of carbonyl (C=O) groups is 1. The number of nitrogens with zero attached hydrogens (tertiary/aromatic N) is 2. The monoisotopic (exact) mass is 387 g/mol. The standard InChI is InChI=1S/C20H25N3O3S/c1-15-7-6-10-18(16(15)2)21-19-9-5-4-8-17(19)20(24)22-11-13-23(14-12-22)27(3,25)26/h4-10,21H,11-14H2,1-3H3. The zero-order valence-electron chi connectivity index (χ0n) is 15.9. The fraction of sp³-hybridized carbons (Fsp3) is 0.350. The molecule has 0 atom stereocenters. The second kappa shape index (κ2) is 7.70. The summed E-state index contributed by atoms with van der Waals surface area (Å²) in [6.45, 7) is 5.55. The molecule has 1 aliphatic rings. The number of amides is 1. The van der Waals surface area contributed by atoms with E-state index in [1.165, 1.54) is 16.1 Å². The molecule has 27 heavy (non-hydrogen) atoms. The van der Waals surface area contributed by atoms with Crippen LogP contribution >= 0.6 is 0 Å². The van der Waals surface area contributed by atoms with Gasteiger partial charge in [-0.3, -0.25) is 4.79 Å². The summed E-state index contributed by atoms with van der Waals surface area (Å²) in [5.41, 5.74) is 4.63. The van der Waals surface area contributed by atoms with E-state index in [0.29, 0.717) is 31.7 Å². The van der Waals surface area contributed by atoms with E-state index in [-0.39, 0.29) is 5.91 Å². The smallest absolute Gasteiger partial charge is 0.256 e. The van der Waals surface area contributed by atoms with Gasteiger partial charge in [-0.2, -0.15) is 4.31 Å². The number of aryl methyl sites for hydroxylation is 1. The molecule has 1 heterocycles. The van der Waals surface area contributed by atoms with Crippen molar-refractivity contribution in [1.82, 2.24) is 9.21 Å². The van der Waals surface area contributed by atoms with Crippen LogP contribution in [0.15, 0.2) is 42.5 Å². The Kier molecular flexibility index (Phi) is 5.53. The molecule has 3 rings (SSSR count). The van der Waals surface area contributed by atoms with E-state index in [1.807, 2.05) is 37.3 Å². The highest BCUT2D eigenvalue weighted by molar-refractivity contribution is 7.88. The lowest BCUT2D eigenvalue weighted by Gasteiger charge is -2.33. The minimum Gasteiger partial charge on any atom is -0.355 e. The molecule has 0 aromatic heterocycles. The molecule has 6 nitrogen and oxygen atoms in total. The normalized spacial score (nSPS) is 15.6. The molecule has 1 saturated heterocycles. The number of piperazine rings is 1. The Morgan fingerprint density at radius 1 is 0.926 bits per heavy atom. The zero-order valence-corrected chi connectivity index (χ0v) is 16.7. The topological polar surface area (TPSA) is 69.7 Å². The number of hydrogen-bond acceptors (Lipinski definition) is 4. The van der Waals surface area contributed by atoms with Crippen LogP contribution in [0.5, 0.6) is 0 Å². The van der Waals surface area contributed by atoms with E-state index in [0.717, 1.165) is 16.9 Å². The van der Waals surface area contributed by atoms with Crippen LogP contribution in [0, 0.1) is 13.8 Å². The largest absolute Gasteiger partial charge is 0.355 e. The van der Waals surface area contributed by atoms with Gasteiger partial charge in [0.2, 0.25) is 10.0 Å². The summed E-state index contributed by atoms with van der Waals surface area (Å²) >= 11 is 0. The van der Waals surface area contributed by atoms with Gasteiger partial charge in [0.25, 0.3) is 5.91 Å². The van der Waals surface area contributed by atoms with E-state index in [1.54, 1.807) is 11.0 Å². The maximum absolute atomic E-state index is 13.0. The Balaban J connectivity index is 1.80. The van der Waals surface area contributed by atoms with Crippen molar-refractivity contribution < 1.29 is 13.2 Å². The van der Waals surface area contributed by atoms with Crippen LogP contribution < -0.4 is 5.32 Å². The SMILES string of the molecule is Cc1cccc(Nc2ccccc2C(=O)N2CCN(S(C)(=O)=O)CC2)c1C. The summed E-state index contributed by atoms with van der Waals surface area (Å²) in [5, 5.41) is 3.38. The summed E-state index contributed by atoms with van der Waals surface area (Å²) in [7, 11) is -3.21. The van der Waals surface area contributed by atoms with Crippen molar-refractivity contribution in [3.63, 3.8) is 0 Å². The van der Waals surface area contributed by atoms with Gasteiger partial charge in [-0.1, -0.05) is 24.3 Å². The summed E-state index contributed by atoms with van der Waals surface area (Å²) in [6, 6.07) is 13.5. The quantitative estimate of drug-likeness (QED) is 0.876. The highest BCUT2D eigenvalue weighted by Gasteiger charge is 2.27. The molecule has 0 aliphatic carbocycles. The number of nitrogens with one attached hydrogen (secondary N) is 1. The molecule has 2 aromatic rings. The summed E-state index contributed by atoms with van der Waals surface area (Å²) in [6.07, 6.45) is 1.20. The predicted molar refractivity (Wildman–Crippen MR) is 108 cm³/mol. The van der Waals surface area contributed by atoms with Gasteiger partial charge < -0.3 is 10.2 Å². The molecule has 2 aromatic carbocycles. The van der Waals surface area contributed by atoms with Gasteiger partial charge in [-0.05, 0) is 43.2 Å². The molecular formula is C20H25N3O3S. The second-order valence-corrected chi connectivity index (χ2v) is 8.85. The first-order valence-electron chi connectivity index (χ1n) is 8.94. The number of carbonyl (C=O) groups excluding carboxylic acids is 1. The number of anilines is 2. The van der Waals surface area contributed by atoms with Gasteiger partial charge >= 0.3 is 0 Å². The van der Waals surface area contributed by atoms with Crippen LogP contribution in [0.2, 0.25) is 0 Å². The average Bonchev–Trinajstić information content (AvgIpc) is 2.65. The van der Waals surface area contributed by atoms with Crippen molar-refractivity contribution >= 4 is 27.3 Å². The molecule has 0 saturated carbocycles. The summed E-state index contributed by atoms with van der Waals surface area (Å²) in [5.74, 6) is -0.0865. The molecule has 1 amide bonds. The van der Waals surface area contributed by atoms with Crippen LogP contribution in [0.25, 0.3) is 0 Å². The number of benzene rings is 2. The number of sulfonamides is 1. The van der Waals surface area contributed by atoms with Crippen LogP contribution in [-0.2, 0) is 10.0 Å². The molecule has 0 bridgehead atoms. The van der Waals surface area contributed by atoms with Crippen molar-refractivity contribution in [2.75, 3.05) is 37.8 Å². The minimum absolute atomic E-state index is 0.0865. The Morgan fingerprint density at radius 3 is 2.22 bits per heavy atom. The number of para-hydroxylation sites is 1. The Labute approximate surface area is 160 Å². The number of hydrogen-bond donors (Lipinski definition) is 1. The van der Waals surface area contributed by atoms with Gasteiger partial charge in [0.05, 0.1) is 17.5 Å². The lowest BCUT2D eigenvalue weighted by molar-refractivity contribution is 0.0699. The van der Waals surface area contributed by atoms with E-state index in [9.17, 15) is 13.2 Å². The molecule has 1 N–H and O–H groups in total. The van der Waals surface area contributed by atoms with Crippen LogP contribution in [0.1, 0.15) is 21.5 Å². The highest BCUT2D eigenvalue weighted by Crippen LogP contribution is 2.26. The first-order valence-corrected chi connectivity index (χ1v) is 10.8. The van der Waals surface area contributed by atoms with Crippen LogP contribution in [0.3, 0.4) is 0 Å². The van der Waals surface area contributed by atoms with E-state index < -0.39 is 10.0 Å². The molecular weight excluding hydrogens is 362 g/mol. The molecule has 0 radical (unpaired) electrons. The molecule has 7 heteroatoms. The van der Waals surface area contributed by atoms with Crippen LogP contribution in [-0.4, -0.2) is 56.0 Å². The van der Waals surface area contributed by atoms with Crippen molar-refractivity contribution in [2.45, 2.75) is 13.8 Å². The third-order valence-corrected chi connectivity index (χ3v) is 6.33. The fourth-order valence-electron chi connectivity index (χ4n) is 3.20. The van der Waals surface area contributed by atoms with Gasteiger partial charge in [0.15, 0.2) is 0 Å². The fourth-order valence-corrected chi connectivity index (χ4v) is 4.03. The lowest BCUT2D eigenvalue weighted by atomic mass is 10.1. The van der Waals surface area contributed by atoms with Gasteiger partial charge in [-0.25, -0.2) is 8.42 Å². The summed E-state index contributed by atoms with van der Waals surface area (Å²) in [4.78, 5) is 14.8.